The van der Waals surface area contributed by atoms with Gasteiger partial charge in [-0.3, -0.25) is 10.1 Å². The number of carbonyl (C=O) groups excluding carboxylic acids is 2. The molecule has 16 heavy (non-hydrogen) atoms. The Balaban J connectivity index is 2.45. The number of benzene rings is 1. The lowest BCUT2D eigenvalue weighted by atomic mass is 10.3. The largest absolute Gasteiger partial charge is 0.419 e. The van der Waals surface area contributed by atoms with Crippen LogP contribution in [0.1, 0.15) is 6.42 Å². The van der Waals surface area contributed by atoms with E-state index in [1.165, 1.54) is 12.1 Å². The Morgan fingerprint density at radius 3 is 2.50 bits per heavy atom. The summed E-state index contributed by atoms with van der Waals surface area (Å²) in [6.45, 7) is 0. The highest BCUT2D eigenvalue weighted by molar-refractivity contribution is 9.09. The van der Waals surface area contributed by atoms with Crippen molar-refractivity contribution in [3.05, 3.63) is 29.3 Å². The fourth-order valence-electron chi connectivity index (χ4n) is 0.897. The molecule has 1 aromatic carbocycles. The quantitative estimate of drug-likeness (QED) is 0.874. The van der Waals surface area contributed by atoms with Crippen molar-refractivity contribution in [3.63, 3.8) is 0 Å². The second kappa shape index (κ2) is 6.50. The number of alkyl halides is 1. The number of amides is 2. The molecule has 6 heteroatoms. The van der Waals surface area contributed by atoms with E-state index in [0.717, 1.165) is 0 Å². The molecule has 0 radical (unpaired) electrons. The van der Waals surface area contributed by atoms with E-state index in [9.17, 15) is 9.59 Å². The summed E-state index contributed by atoms with van der Waals surface area (Å²) in [4.78, 5) is 22.2. The van der Waals surface area contributed by atoms with Crippen molar-refractivity contribution in [1.82, 2.24) is 5.32 Å². The van der Waals surface area contributed by atoms with E-state index in [1.807, 2.05) is 0 Å². The molecule has 0 fully saturated rings. The third-order valence-electron chi connectivity index (χ3n) is 1.59. The molecule has 1 rings (SSSR count). The van der Waals surface area contributed by atoms with Crippen LogP contribution >= 0.6 is 27.5 Å². The van der Waals surface area contributed by atoms with E-state index in [0.29, 0.717) is 16.1 Å². The van der Waals surface area contributed by atoms with E-state index in [-0.39, 0.29) is 6.42 Å². The fourth-order valence-corrected chi connectivity index (χ4v) is 1.38. The summed E-state index contributed by atoms with van der Waals surface area (Å²) >= 11 is 8.75. The number of rotatable bonds is 3. The molecular formula is C10H9BrClNO3. The lowest BCUT2D eigenvalue weighted by molar-refractivity contribution is -0.119. The first kappa shape index (κ1) is 13.0. The first-order valence-electron chi connectivity index (χ1n) is 4.45. The van der Waals surface area contributed by atoms with Crippen LogP contribution in [0.5, 0.6) is 5.75 Å². The van der Waals surface area contributed by atoms with Gasteiger partial charge in [0.1, 0.15) is 5.75 Å². The van der Waals surface area contributed by atoms with Crippen LogP contribution in [-0.4, -0.2) is 17.3 Å². The minimum Gasteiger partial charge on any atom is -0.410 e. The number of ether oxygens (including phenoxy) is 1. The molecular weight excluding hydrogens is 297 g/mol. The maximum Gasteiger partial charge on any atom is 0.419 e. The van der Waals surface area contributed by atoms with Gasteiger partial charge in [0, 0.05) is 16.8 Å². The Bertz CT molecular complexity index is 380. The number of nitrogens with one attached hydrogen (secondary N) is 1. The summed E-state index contributed by atoms with van der Waals surface area (Å²) in [6, 6.07) is 6.25. The molecule has 2 amide bonds. The molecule has 1 N–H and O–H groups in total. The van der Waals surface area contributed by atoms with Crippen LogP contribution in [0.4, 0.5) is 4.79 Å². The number of hydrogen-bond acceptors (Lipinski definition) is 3. The van der Waals surface area contributed by atoms with E-state index in [2.05, 4.69) is 21.2 Å². The number of hydrogen-bond donors (Lipinski definition) is 1. The average Bonchev–Trinajstić information content (AvgIpc) is 2.21. The van der Waals surface area contributed by atoms with E-state index in [4.69, 9.17) is 16.3 Å². The summed E-state index contributed by atoms with van der Waals surface area (Å²) in [7, 11) is 0. The lowest BCUT2D eigenvalue weighted by Gasteiger charge is -2.04. The predicted octanol–water partition coefficient (Wildman–Crippen LogP) is 2.74. The van der Waals surface area contributed by atoms with Gasteiger partial charge in [0.2, 0.25) is 5.91 Å². The van der Waals surface area contributed by atoms with Crippen LogP contribution in [0.3, 0.4) is 0 Å². The van der Waals surface area contributed by atoms with Crippen molar-refractivity contribution >= 4 is 39.5 Å². The maximum absolute atomic E-state index is 11.2. The van der Waals surface area contributed by atoms with E-state index < -0.39 is 12.0 Å². The van der Waals surface area contributed by atoms with Gasteiger partial charge in [-0.25, -0.2) is 4.79 Å². The second-order valence-corrected chi connectivity index (χ2v) is 4.06. The van der Waals surface area contributed by atoms with E-state index in [1.54, 1.807) is 12.1 Å². The zero-order valence-electron chi connectivity index (χ0n) is 8.20. The number of halogens is 2. The van der Waals surface area contributed by atoms with Crippen molar-refractivity contribution in [3.8, 4) is 5.75 Å². The molecule has 86 valence electrons. The molecule has 0 aliphatic rings. The summed E-state index contributed by atoms with van der Waals surface area (Å²) in [6.07, 6.45) is -0.580. The minimum atomic E-state index is -0.798. The van der Waals surface area contributed by atoms with Crippen molar-refractivity contribution < 1.29 is 14.3 Å². The summed E-state index contributed by atoms with van der Waals surface area (Å²) in [5.41, 5.74) is 0. The van der Waals surface area contributed by atoms with Crippen LogP contribution in [-0.2, 0) is 4.79 Å². The Hall–Kier alpha value is -1.07. The molecule has 0 saturated heterocycles. The fraction of sp³-hybridized carbons (Fsp3) is 0.200. The van der Waals surface area contributed by atoms with Gasteiger partial charge in [-0.1, -0.05) is 27.5 Å². The molecule has 1 aromatic rings. The van der Waals surface area contributed by atoms with Gasteiger partial charge in [0.25, 0.3) is 0 Å². The molecule has 4 nitrogen and oxygen atoms in total. The zero-order chi connectivity index (χ0) is 12.0. The summed E-state index contributed by atoms with van der Waals surface area (Å²) in [5.74, 6) is -0.0654. The molecule has 0 atom stereocenters. The van der Waals surface area contributed by atoms with Crippen LogP contribution < -0.4 is 10.1 Å². The van der Waals surface area contributed by atoms with Gasteiger partial charge < -0.3 is 4.74 Å². The molecule has 0 aliphatic carbocycles. The maximum atomic E-state index is 11.2. The Labute approximate surface area is 106 Å². The Kier molecular flexibility index (Phi) is 5.28. The number of imide groups is 1. The molecule has 0 heterocycles. The molecule has 0 unspecified atom stereocenters. The van der Waals surface area contributed by atoms with Gasteiger partial charge in [0.05, 0.1) is 0 Å². The first-order valence-corrected chi connectivity index (χ1v) is 5.95. The molecule has 0 aromatic heterocycles. The molecule has 0 saturated carbocycles. The van der Waals surface area contributed by atoms with Gasteiger partial charge >= 0.3 is 6.09 Å². The monoisotopic (exact) mass is 305 g/mol. The second-order valence-electron chi connectivity index (χ2n) is 2.83. The highest BCUT2D eigenvalue weighted by atomic mass is 79.9. The normalized spacial score (nSPS) is 9.62. The Morgan fingerprint density at radius 2 is 1.94 bits per heavy atom. The van der Waals surface area contributed by atoms with Crippen molar-refractivity contribution in [2.45, 2.75) is 6.42 Å². The number of carbonyl (C=O) groups is 2. The van der Waals surface area contributed by atoms with E-state index >= 15 is 0 Å². The molecule has 0 aliphatic heterocycles. The van der Waals surface area contributed by atoms with Crippen molar-refractivity contribution in [2.24, 2.45) is 0 Å². The summed E-state index contributed by atoms with van der Waals surface area (Å²) < 4.78 is 4.84. The standard InChI is InChI=1S/C10H9BrClNO3/c11-6-5-9(14)13-10(15)16-8-3-1-7(12)2-4-8/h1-4H,5-6H2,(H,13,14,15). The topological polar surface area (TPSA) is 55.4 Å². The minimum absolute atomic E-state index is 0.218. The molecule has 0 spiro atoms. The van der Waals surface area contributed by atoms with Crippen LogP contribution in [0.25, 0.3) is 0 Å². The van der Waals surface area contributed by atoms with Gasteiger partial charge in [-0.15, -0.1) is 0 Å². The highest BCUT2D eigenvalue weighted by Crippen LogP contribution is 2.15. The Morgan fingerprint density at radius 1 is 1.31 bits per heavy atom. The predicted molar refractivity (Wildman–Crippen MR) is 64.0 cm³/mol. The van der Waals surface area contributed by atoms with Gasteiger partial charge in [-0.2, -0.15) is 0 Å². The van der Waals surface area contributed by atoms with Crippen LogP contribution in [0.15, 0.2) is 24.3 Å². The lowest BCUT2D eigenvalue weighted by Crippen LogP contribution is -2.32. The van der Waals surface area contributed by atoms with Crippen LogP contribution in [0.2, 0.25) is 5.02 Å². The van der Waals surface area contributed by atoms with Gasteiger partial charge in [0.15, 0.2) is 0 Å². The third kappa shape index (κ3) is 4.63. The third-order valence-corrected chi connectivity index (χ3v) is 2.24. The van der Waals surface area contributed by atoms with Gasteiger partial charge in [-0.05, 0) is 24.3 Å². The zero-order valence-corrected chi connectivity index (χ0v) is 10.5. The average molecular weight is 307 g/mol. The SMILES string of the molecule is O=C(CCBr)NC(=O)Oc1ccc(Cl)cc1. The van der Waals surface area contributed by atoms with Crippen molar-refractivity contribution in [1.29, 1.82) is 0 Å². The highest BCUT2D eigenvalue weighted by Gasteiger charge is 2.08. The summed E-state index contributed by atoms with van der Waals surface area (Å²) in [5, 5.41) is 3.12. The molecule has 0 bridgehead atoms. The van der Waals surface area contributed by atoms with Crippen molar-refractivity contribution in [2.75, 3.05) is 5.33 Å². The van der Waals surface area contributed by atoms with Crippen LogP contribution in [0, 0.1) is 0 Å². The smallest absolute Gasteiger partial charge is 0.410 e. The first-order chi connectivity index (χ1) is 7.61.